The molecule has 1 atom stereocenters. The van der Waals surface area contributed by atoms with Crippen molar-refractivity contribution in [2.75, 3.05) is 17.5 Å². The number of benzene rings is 3. The lowest BCUT2D eigenvalue weighted by atomic mass is 10.1. The maximum Gasteiger partial charge on any atom is 0.264 e. The van der Waals surface area contributed by atoms with E-state index in [4.69, 9.17) is 16.3 Å². The van der Waals surface area contributed by atoms with Gasteiger partial charge >= 0.3 is 0 Å². The largest absolute Gasteiger partial charge is 0.494 e. The Morgan fingerprint density at radius 1 is 1.00 bits per heavy atom. The molecule has 3 aromatic rings. The summed E-state index contributed by atoms with van der Waals surface area (Å²) in [5.41, 5.74) is 0.834. The van der Waals surface area contributed by atoms with Crippen molar-refractivity contribution in [3.63, 3.8) is 0 Å². The van der Waals surface area contributed by atoms with Gasteiger partial charge in [-0.25, -0.2) is 12.8 Å². The van der Waals surface area contributed by atoms with Crippen LogP contribution >= 0.6 is 11.6 Å². The normalized spacial score (nSPS) is 14.2. The van der Waals surface area contributed by atoms with Crippen LogP contribution < -0.4 is 14.4 Å². The van der Waals surface area contributed by atoms with E-state index in [1.165, 1.54) is 4.90 Å². The van der Waals surface area contributed by atoms with Crippen molar-refractivity contribution in [1.29, 1.82) is 0 Å². The Bertz CT molecular complexity index is 1500. The first kappa shape index (κ1) is 32.3. The number of hydrogen-bond acceptors (Lipinski definition) is 5. The van der Waals surface area contributed by atoms with Crippen LogP contribution in [0.2, 0.25) is 5.02 Å². The molecule has 0 heterocycles. The van der Waals surface area contributed by atoms with E-state index in [1.807, 2.05) is 13.8 Å². The summed E-state index contributed by atoms with van der Waals surface area (Å²) in [6.45, 7) is 3.46. The summed E-state index contributed by atoms with van der Waals surface area (Å²) in [5.74, 6) is -0.934. The minimum atomic E-state index is -4.33. The predicted octanol–water partition coefficient (Wildman–Crippen LogP) is 5.94. The van der Waals surface area contributed by atoms with Crippen LogP contribution in [0, 0.1) is 5.82 Å². The first-order valence-corrected chi connectivity index (χ1v) is 16.3. The molecule has 4 rings (SSSR count). The Labute approximate surface area is 257 Å². The van der Waals surface area contributed by atoms with Crippen molar-refractivity contribution in [1.82, 2.24) is 10.2 Å². The summed E-state index contributed by atoms with van der Waals surface area (Å²) in [5, 5.41) is 3.51. The molecule has 11 heteroatoms. The number of carbonyl (C=O) groups excluding carboxylic acids is 2. The smallest absolute Gasteiger partial charge is 0.264 e. The zero-order valence-electron chi connectivity index (χ0n) is 24.3. The van der Waals surface area contributed by atoms with Crippen LogP contribution in [0.25, 0.3) is 0 Å². The number of amides is 2. The number of nitrogens with one attached hydrogen (secondary N) is 1. The molecule has 1 N–H and O–H groups in total. The number of sulfonamides is 1. The van der Waals surface area contributed by atoms with Crippen LogP contribution in [0.1, 0.15) is 51.5 Å². The highest BCUT2D eigenvalue weighted by atomic mass is 35.5. The van der Waals surface area contributed by atoms with E-state index in [0.29, 0.717) is 29.4 Å². The van der Waals surface area contributed by atoms with Crippen LogP contribution in [0.5, 0.6) is 5.75 Å². The Balaban J connectivity index is 1.72. The minimum absolute atomic E-state index is 0.00279. The van der Waals surface area contributed by atoms with Crippen LogP contribution in [0.4, 0.5) is 10.1 Å². The van der Waals surface area contributed by atoms with Gasteiger partial charge in [0, 0.05) is 17.6 Å². The van der Waals surface area contributed by atoms with E-state index in [2.05, 4.69) is 5.32 Å². The summed E-state index contributed by atoms with van der Waals surface area (Å²) in [4.78, 5) is 29.0. The molecule has 0 unspecified atom stereocenters. The average molecular weight is 630 g/mol. The fourth-order valence-corrected chi connectivity index (χ4v) is 6.84. The molecule has 8 nitrogen and oxygen atoms in total. The number of ether oxygens (including phenoxy) is 1. The molecule has 1 saturated carbocycles. The number of rotatable bonds is 13. The van der Waals surface area contributed by atoms with Gasteiger partial charge in [-0.05, 0) is 86.3 Å². The van der Waals surface area contributed by atoms with Crippen molar-refractivity contribution < 1.29 is 27.1 Å². The third kappa shape index (κ3) is 8.06. The van der Waals surface area contributed by atoms with Gasteiger partial charge in [0.15, 0.2) is 0 Å². The Morgan fingerprint density at radius 3 is 2.26 bits per heavy atom. The second-order valence-electron chi connectivity index (χ2n) is 10.4. The van der Waals surface area contributed by atoms with Crippen molar-refractivity contribution in [3.05, 3.63) is 89.2 Å². The third-order valence-electron chi connectivity index (χ3n) is 7.50. The van der Waals surface area contributed by atoms with Gasteiger partial charge in [0.25, 0.3) is 10.0 Å². The van der Waals surface area contributed by atoms with E-state index in [9.17, 15) is 22.4 Å². The van der Waals surface area contributed by atoms with Gasteiger partial charge in [-0.3, -0.25) is 13.9 Å². The van der Waals surface area contributed by atoms with Crippen molar-refractivity contribution in [2.45, 2.75) is 69.5 Å². The maximum absolute atomic E-state index is 14.2. The number of nitrogens with zero attached hydrogens (tertiary/aromatic N) is 2. The molecule has 43 heavy (non-hydrogen) atoms. The Kier molecular flexibility index (Phi) is 11.0. The molecular weight excluding hydrogens is 593 g/mol. The molecule has 230 valence electrons. The molecule has 3 aromatic carbocycles. The van der Waals surface area contributed by atoms with Crippen LogP contribution in [0.3, 0.4) is 0 Å². The van der Waals surface area contributed by atoms with Crippen molar-refractivity contribution in [3.8, 4) is 5.75 Å². The molecule has 1 aliphatic carbocycles. The monoisotopic (exact) mass is 629 g/mol. The van der Waals surface area contributed by atoms with Crippen LogP contribution in [-0.2, 0) is 26.2 Å². The molecular formula is C32H37ClFN3O5S. The van der Waals surface area contributed by atoms with Gasteiger partial charge in [0.1, 0.15) is 24.2 Å². The van der Waals surface area contributed by atoms with Crippen LogP contribution in [0.15, 0.2) is 77.7 Å². The third-order valence-corrected chi connectivity index (χ3v) is 9.66. The lowest BCUT2D eigenvalue weighted by Gasteiger charge is -2.34. The van der Waals surface area contributed by atoms with E-state index >= 15 is 0 Å². The Morgan fingerprint density at radius 2 is 1.65 bits per heavy atom. The molecule has 2 amide bonds. The number of anilines is 1. The summed E-state index contributed by atoms with van der Waals surface area (Å²) in [7, 11) is -4.33. The molecule has 0 aromatic heterocycles. The van der Waals surface area contributed by atoms with E-state index in [0.717, 1.165) is 54.3 Å². The van der Waals surface area contributed by atoms with E-state index < -0.39 is 34.3 Å². The summed E-state index contributed by atoms with van der Waals surface area (Å²) >= 11 is 6.46. The fourth-order valence-electron chi connectivity index (χ4n) is 5.23. The topological polar surface area (TPSA) is 96.0 Å². The van der Waals surface area contributed by atoms with Gasteiger partial charge in [-0.2, -0.15) is 0 Å². The average Bonchev–Trinajstić information content (AvgIpc) is 3.50. The van der Waals surface area contributed by atoms with E-state index in [-0.39, 0.29) is 29.1 Å². The predicted molar refractivity (Wildman–Crippen MR) is 165 cm³/mol. The lowest BCUT2D eigenvalue weighted by molar-refractivity contribution is -0.140. The molecule has 0 saturated heterocycles. The first-order valence-electron chi connectivity index (χ1n) is 14.5. The lowest BCUT2D eigenvalue weighted by Crippen LogP contribution is -2.53. The van der Waals surface area contributed by atoms with Gasteiger partial charge in [-0.15, -0.1) is 0 Å². The number of halogens is 2. The minimum Gasteiger partial charge on any atom is -0.494 e. The van der Waals surface area contributed by atoms with Gasteiger partial charge in [-0.1, -0.05) is 49.6 Å². The molecule has 0 spiro atoms. The first-order chi connectivity index (χ1) is 20.6. The molecule has 0 bridgehead atoms. The van der Waals surface area contributed by atoms with Gasteiger partial charge in [0.05, 0.1) is 17.2 Å². The molecule has 1 fully saturated rings. The number of hydrogen-bond donors (Lipinski definition) is 1. The molecule has 0 radical (unpaired) electrons. The van der Waals surface area contributed by atoms with Crippen LogP contribution in [-0.4, -0.2) is 50.4 Å². The Hall–Kier alpha value is -3.63. The summed E-state index contributed by atoms with van der Waals surface area (Å²) < 4.78 is 48.0. The summed E-state index contributed by atoms with van der Waals surface area (Å²) in [6.07, 6.45) is 4.12. The summed E-state index contributed by atoms with van der Waals surface area (Å²) in [6, 6.07) is 16.9. The zero-order chi connectivity index (χ0) is 31.0. The van der Waals surface area contributed by atoms with Gasteiger partial charge < -0.3 is 15.0 Å². The second-order valence-corrected chi connectivity index (χ2v) is 12.7. The number of carbonyl (C=O) groups is 2. The highest BCUT2D eigenvalue weighted by molar-refractivity contribution is 7.92. The van der Waals surface area contributed by atoms with Crippen molar-refractivity contribution in [2.24, 2.45) is 0 Å². The fraction of sp³-hybridized carbons (Fsp3) is 0.375. The SMILES string of the molecule is CCOc1ccc(N(CC(=O)N(Cc2ccccc2Cl)[C@H](CC)C(=O)NC2CCCC2)S(=O)(=O)c2ccc(F)cc2)cc1. The van der Waals surface area contributed by atoms with Gasteiger partial charge in [0.2, 0.25) is 11.8 Å². The molecule has 0 aliphatic heterocycles. The highest BCUT2D eigenvalue weighted by Crippen LogP contribution is 2.28. The second kappa shape index (κ2) is 14.7. The highest BCUT2D eigenvalue weighted by Gasteiger charge is 2.35. The zero-order valence-corrected chi connectivity index (χ0v) is 25.9. The van der Waals surface area contributed by atoms with Crippen molar-refractivity contribution >= 4 is 39.1 Å². The standard InChI is InChI=1S/C32H37ClFN3O5S/c1-3-30(32(39)35-25-10-6-7-11-25)36(21-23-9-5-8-12-29(23)33)31(38)22-37(26-15-17-27(18-16-26)42-4-2)43(40,41)28-19-13-24(34)14-20-28/h5,8-9,12-20,25,30H,3-4,6-7,10-11,21-22H2,1-2H3,(H,35,39)/t30-/m1/s1. The van der Waals surface area contributed by atoms with E-state index in [1.54, 1.807) is 48.5 Å². The maximum atomic E-state index is 14.2. The molecule has 1 aliphatic rings. The quantitative estimate of drug-likeness (QED) is 0.253.